The zero-order valence-electron chi connectivity index (χ0n) is 8.75. The minimum absolute atomic E-state index is 0.168. The van der Waals surface area contributed by atoms with E-state index in [1.807, 2.05) is 6.92 Å². The van der Waals surface area contributed by atoms with Crippen molar-refractivity contribution in [1.82, 2.24) is 10.6 Å². The van der Waals surface area contributed by atoms with Crippen LogP contribution in [0.4, 0.5) is 0 Å². The quantitative estimate of drug-likeness (QED) is 0.636. The predicted molar refractivity (Wildman–Crippen MR) is 55.1 cm³/mol. The number of carbonyl (C=O) groups excluding carboxylic acids is 2. The number of hydrogen-bond acceptors (Lipinski definition) is 3. The summed E-state index contributed by atoms with van der Waals surface area (Å²) in [5, 5.41) is 4.82. The molecule has 1 saturated carbocycles. The lowest BCUT2D eigenvalue weighted by molar-refractivity contribution is -0.135. The predicted octanol–water partition coefficient (Wildman–Crippen LogP) is 0.167. The number of nitrogens with one attached hydrogen (secondary N) is 2. The lowest BCUT2D eigenvalue weighted by Crippen LogP contribution is -2.28. The lowest BCUT2D eigenvalue weighted by Gasteiger charge is -2.14. The Hall–Kier alpha value is -1.39. The third-order valence-corrected chi connectivity index (χ3v) is 3.08. The molecule has 0 bridgehead atoms. The number of nitrogens with zero attached hydrogens (tertiary/aromatic N) is 1. The van der Waals surface area contributed by atoms with Gasteiger partial charge in [0, 0.05) is 0 Å². The van der Waals surface area contributed by atoms with Crippen LogP contribution in [-0.2, 0) is 9.59 Å². The van der Waals surface area contributed by atoms with Gasteiger partial charge in [-0.3, -0.25) is 20.2 Å². The highest BCUT2D eigenvalue weighted by Gasteiger charge is 2.27. The summed E-state index contributed by atoms with van der Waals surface area (Å²) in [7, 11) is 0. The number of rotatable bonds is 2. The minimum Gasteiger partial charge on any atom is -0.288 e. The highest BCUT2D eigenvalue weighted by atomic mass is 16.2. The summed E-state index contributed by atoms with van der Waals surface area (Å²) < 4.78 is 0. The van der Waals surface area contributed by atoms with Gasteiger partial charge >= 0.3 is 11.8 Å². The Morgan fingerprint density at radius 2 is 1.73 bits per heavy atom. The van der Waals surface area contributed by atoms with Crippen molar-refractivity contribution >= 4 is 17.8 Å². The molecule has 1 atom stereocenters. The number of carbonyl (C=O) groups is 2. The molecule has 0 radical (unpaired) electrons. The van der Waals surface area contributed by atoms with Crippen LogP contribution >= 0.6 is 0 Å². The number of amides is 2. The van der Waals surface area contributed by atoms with Gasteiger partial charge in [0.2, 0.25) is 5.96 Å². The van der Waals surface area contributed by atoms with Crippen molar-refractivity contribution in [2.45, 2.75) is 38.6 Å². The molecule has 2 amide bonds. The average Bonchev–Trinajstić information content (AvgIpc) is 2.77. The Bertz CT molecular complexity index is 301. The van der Waals surface area contributed by atoms with Gasteiger partial charge in [0.15, 0.2) is 0 Å². The monoisotopic (exact) mass is 209 g/mol. The summed E-state index contributed by atoms with van der Waals surface area (Å²) >= 11 is 0. The summed E-state index contributed by atoms with van der Waals surface area (Å²) in [5.74, 6) is -0.337. The topological polar surface area (TPSA) is 70.6 Å². The van der Waals surface area contributed by atoms with Crippen molar-refractivity contribution in [2.24, 2.45) is 10.9 Å². The molecule has 1 aliphatic heterocycles. The normalized spacial score (nSPS) is 23.9. The molecule has 0 aromatic rings. The minimum atomic E-state index is -0.618. The first-order valence-corrected chi connectivity index (χ1v) is 5.37. The summed E-state index contributed by atoms with van der Waals surface area (Å²) in [6.45, 7) is 2.03. The second-order valence-electron chi connectivity index (χ2n) is 4.17. The third kappa shape index (κ3) is 2.16. The van der Waals surface area contributed by atoms with Crippen LogP contribution in [0.3, 0.4) is 0 Å². The van der Waals surface area contributed by atoms with Gasteiger partial charge in [-0.1, -0.05) is 12.8 Å². The summed E-state index contributed by atoms with van der Waals surface area (Å²) in [6.07, 6.45) is 4.91. The standard InChI is InChI=1S/C10H15N3O2/c1-6(7-4-2-3-5-7)11-10-12-8(14)9(15)13-10/h6-7H,2-5H2,1H3,(H2,11,12,13,14,15). The summed E-state index contributed by atoms with van der Waals surface area (Å²) in [6, 6.07) is 0.168. The van der Waals surface area contributed by atoms with E-state index in [0.29, 0.717) is 11.9 Å². The van der Waals surface area contributed by atoms with E-state index < -0.39 is 11.8 Å². The van der Waals surface area contributed by atoms with E-state index in [1.54, 1.807) is 0 Å². The van der Waals surface area contributed by atoms with Gasteiger partial charge in [0.25, 0.3) is 0 Å². The van der Waals surface area contributed by atoms with Crippen LogP contribution in [0.25, 0.3) is 0 Å². The Morgan fingerprint density at radius 1 is 1.20 bits per heavy atom. The Kier molecular flexibility index (Phi) is 2.70. The van der Waals surface area contributed by atoms with E-state index >= 15 is 0 Å². The van der Waals surface area contributed by atoms with Crippen LogP contribution in [0.5, 0.6) is 0 Å². The van der Waals surface area contributed by atoms with Gasteiger partial charge in [-0.15, -0.1) is 0 Å². The number of aliphatic imine (C=N–C) groups is 1. The maximum Gasteiger partial charge on any atom is 0.316 e. The van der Waals surface area contributed by atoms with Crippen molar-refractivity contribution in [3.8, 4) is 0 Å². The van der Waals surface area contributed by atoms with E-state index in [-0.39, 0.29) is 6.04 Å². The molecule has 82 valence electrons. The molecule has 0 aromatic heterocycles. The van der Waals surface area contributed by atoms with E-state index in [9.17, 15) is 9.59 Å². The molecular formula is C10H15N3O2. The largest absolute Gasteiger partial charge is 0.316 e. The maximum atomic E-state index is 10.9. The Balaban J connectivity index is 1.97. The average molecular weight is 209 g/mol. The number of hydrogen-bond donors (Lipinski definition) is 2. The van der Waals surface area contributed by atoms with Crippen LogP contribution in [0.1, 0.15) is 32.6 Å². The van der Waals surface area contributed by atoms with E-state index in [4.69, 9.17) is 0 Å². The molecule has 2 fully saturated rings. The van der Waals surface area contributed by atoms with Gasteiger partial charge in [0.1, 0.15) is 0 Å². The lowest BCUT2D eigenvalue weighted by atomic mass is 10.0. The first-order chi connectivity index (χ1) is 7.16. The zero-order valence-corrected chi connectivity index (χ0v) is 8.75. The molecule has 1 heterocycles. The molecule has 0 spiro atoms. The molecule has 1 aliphatic carbocycles. The summed E-state index contributed by atoms with van der Waals surface area (Å²) in [5.41, 5.74) is 0. The van der Waals surface area contributed by atoms with Gasteiger partial charge in [-0.05, 0) is 25.7 Å². The zero-order chi connectivity index (χ0) is 10.8. The highest BCUT2D eigenvalue weighted by molar-refractivity contribution is 6.45. The smallest absolute Gasteiger partial charge is 0.288 e. The first-order valence-electron chi connectivity index (χ1n) is 5.37. The van der Waals surface area contributed by atoms with E-state index in [2.05, 4.69) is 15.6 Å². The van der Waals surface area contributed by atoms with Gasteiger partial charge in [0.05, 0.1) is 6.04 Å². The van der Waals surface area contributed by atoms with Gasteiger partial charge < -0.3 is 0 Å². The van der Waals surface area contributed by atoms with Crippen molar-refractivity contribution in [3.05, 3.63) is 0 Å². The molecule has 5 nitrogen and oxygen atoms in total. The van der Waals surface area contributed by atoms with Crippen molar-refractivity contribution in [1.29, 1.82) is 0 Å². The third-order valence-electron chi connectivity index (χ3n) is 3.08. The molecule has 2 rings (SSSR count). The molecular weight excluding hydrogens is 194 g/mol. The Morgan fingerprint density at radius 3 is 2.27 bits per heavy atom. The summed E-state index contributed by atoms with van der Waals surface area (Å²) in [4.78, 5) is 26.1. The highest BCUT2D eigenvalue weighted by Crippen LogP contribution is 2.28. The van der Waals surface area contributed by atoms with Crippen molar-refractivity contribution in [3.63, 3.8) is 0 Å². The molecule has 1 saturated heterocycles. The van der Waals surface area contributed by atoms with Crippen molar-refractivity contribution < 1.29 is 9.59 Å². The van der Waals surface area contributed by atoms with Crippen molar-refractivity contribution in [2.75, 3.05) is 0 Å². The van der Waals surface area contributed by atoms with Gasteiger partial charge in [-0.25, -0.2) is 4.99 Å². The second-order valence-corrected chi connectivity index (χ2v) is 4.17. The maximum absolute atomic E-state index is 10.9. The molecule has 2 aliphatic rings. The first kappa shape index (κ1) is 10.1. The Labute approximate surface area is 88.3 Å². The van der Waals surface area contributed by atoms with Crippen LogP contribution in [0.15, 0.2) is 4.99 Å². The fourth-order valence-corrected chi connectivity index (χ4v) is 2.17. The molecule has 15 heavy (non-hydrogen) atoms. The van der Waals surface area contributed by atoms with Crippen LogP contribution in [-0.4, -0.2) is 23.8 Å². The number of guanidine groups is 1. The fourth-order valence-electron chi connectivity index (χ4n) is 2.17. The SMILES string of the molecule is CC(N=C1NC(=O)C(=O)N1)C1CCCC1. The van der Waals surface area contributed by atoms with Crippen LogP contribution < -0.4 is 10.6 Å². The van der Waals surface area contributed by atoms with Crippen LogP contribution in [0, 0.1) is 5.92 Å². The fraction of sp³-hybridized carbons (Fsp3) is 0.700. The molecule has 2 N–H and O–H groups in total. The van der Waals surface area contributed by atoms with E-state index in [0.717, 1.165) is 0 Å². The van der Waals surface area contributed by atoms with E-state index in [1.165, 1.54) is 25.7 Å². The van der Waals surface area contributed by atoms with Crippen LogP contribution in [0.2, 0.25) is 0 Å². The molecule has 0 aromatic carbocycles. The second kappa shape index (κ2) is 4.00. The van der Waals surface area contributed by atoms with Gasteiger partial charge in [-0.2, -0.15) is 0 Å². The molecule has 1 unspecified atom stereocenters. The molecule has 5 heteroatoms.